The second kappa shape index (κ2) is 4.26. The van der Waals surface area contributed by atoms with Crippen LogP contribution in [0.1, 0.15) is 17.3 Å². The van der Waals surface area contributed by atoms with E-state index in [4.69, 9.17) is 4.74 Å². The number of carbonyl (C=O) groups excluding carboxylic acids is 2. The molecule has 0 aliphatic carbocycles. The number of para-hydroxylation sites is 1. The molecule has 5 nitrogen and oxygen atoms in total. The van der Waals surface area contributed by atoms with Crippen molar-refractivity contribution in [1.29, 1.82) is 0 Å². The molecule has 3 rings (SSSR count). The van der Waals surface area contributed by atoms with Gasteiger partial charge in [0.05, 0.1) is 18.2 Å². The number of ether oxygens (including phenoxy) is 1. The maximum atomic E-state index is 12.4. The zero-order chi connectivity index (χ0) is 13.6. The smallest absolute Gasteiger partial charge is 0.257 e. The van der Waals surface area contributed by atoms with Crippen LogP contribution in [0, 0.1) is 0 Å². The fourth-order valence-corrected chi connectivity index (χ4v) is 2.75. The van der Waals surface area contributed by atoms with Gasteiger partial charge in [-0.2, -0.15) is 0 Å². The predicted octanol–water partition coefficient (Wildman–Crippen LogP) is 0.750. The highest BCUT2D eigenvalue weighted by Crippen LogP contribution is 2.30. The molecule has 0 aromatic heterocycles. The molecule has 1 aromatic rings. The van der Waals surface area contributed by atoms with Gasteiger partial charge in [0.2, 0.25) is 5.91 Å². The van der Waals surface area contributed by atoms with E-state index in [0.29, 0.717) is 24.4 Å². The van der Waals surface area contributed by atoms with E-state index in [1.807, 2.05) is 12.1 Å². The molecule has 1 aromatic carbocycles. The van der Waals surface area contributed by atoms with E-state index in [0.717, 1.165) is 0 Å². The summed E-state index contributed by atoms with van der Waals surface area (Å²) in [5.74, 6) is 0.580. The van der Waals surface area contributed by atoms with Crippen LogP contribution in [0.2, 0.25) is 0 Å². The molecule has 0 radical (unpaired) electrons. The third kappa shape index (κ3) is 1.85. The Balaban J connectivity index is 1.97. The van der Waals surface area contributed by atoms with E-state index in [1.54, 1.807) is 35.9 Å². The standard InChI is InChI=1S/C14H16N2O3/c1-9(17)16-7-11-13(8-16)19-12-6-4-3-5-10(12)14(18)15(11)2/h3-6,11,13H,7-8H2,1-2H3. The quantitative estimate of drug-likeness (QED) is 0.691. The minimum absolute atomic E-state index is 0.0193. The summed E-state index contributed by atoms with van der Waals surface area (Å²) < 4.78 is 5.95. The molecule has 1 fully saturated rings. The van der Waals surface area contributed by atoms with Crippen LogP contribution < -0.4 is 4.74 Å². The predicted molar refractivity (Wildman–Crippen MR) is 69.0 cm³/mol. The SMILES string of the molecule is CC(=O)N1CC2Oc3ccccc3C(=O)N(C)C2C1. The number of hydrogen-bond donors (Lipinski definition) is 0. The van der Waals surface area contributed by atoms with Gasteiger partial charge < -0.3 is 14.5 Å². The molecule has 0 bridgehead atoms. The van der Waals surface area contributed by atoms with Crippen molar-refractivity contribution in [3.05, 3.63) is 29.8 Å². The van der Waals surface area contributed by atoms with Gasteiger partial charge in [0.15, 0.2) is 0 Å². The minimum Gasteiger partial charge on any atom is -0.486 e. The third-order valence-corrected chi connectivity index (χ3v) is 3.90. The van der Waals surface area contributed by atoms with Crippen molar-refractivity contribution >= 4 is 11.8 Å². The van der Waals surface area contributed by atoms with E-state index in [2.05, 4.69) is 0 Å². The van der Waals surface area contributed by atoms with Gasteiger partial charge >= 0.3 is 0 Å². The topological polar surface area (TPSA) is 49.9 Å². The van der Waals surface area contributed by atoms with Gasteiger partial charge in [-0.1, -0.05) is 12.1 Å². The Kier molecular flexibility index (Phi) is 2.69. The third-order valence-electron chi connectivity index (χ3n) is 3.90. The normalized spacial score (nSPS) is 25.5. The first-order valence-electron chi connectivity index (χ1n) is 6.36. The lowest BCUT2D eigenvalue weighted by Gasteiger charge is -2.24. The van der Waals surface area contributed by atoms with Crippen LogP contribution in [0.4, 0.5) is 0 Å². The number of likely N-dealkylation sites (N-methyl/N-ethyl adjacent to an activating group) is 1. The van der Waals surface area contributed by atoms with E-state index >= 15 is 0 Å². The van der Waals surface area contributed by atoms with Crippen LogP contribution in [0.5, 0.6) is 5.75 Å². The molecule has 2 heterocycles. The minimum atomic E-state index is -0.151. The molecule has 2 atom stereocenters. The summed E-state index contributed by atoms with van der Waals surface area (Å²) in [7, 11) is 1.77. The van der Waals surface area contributed by atoms with Gasteiger partial charge in [-0.25, -0.2) is 0 Å². The van der Waals surface area contributed by atoms with Crippen LogP contribution in [0.3, 0.4) is 0 Å². The Morgan fingerprint density at radius 1 is 1.32 bits per heavy atom. The van der Waals surface area contributed by atoms with Gasteiger partial charge in [0.25, 0.3) is 5.91 Å². The lowest BCUT2D eigenvalue weighted by Crippen LogP contribution is -2.44. The second-order valence-corrected chi connectivity index (χ2v) is 5.06. The number of likely N-dealkylation sites (tertiary alicyclic amines) is 1. The summed E-state index contributed by atoms with van der Waals surface area (Å²) in [6.07, 6.45) is -0.151. The number of rotatable bonds is 0. The molecule has 1 saturated heterocycles. The van der Waals surface area contributed by atoms with Crippen molar-refractivity contribution in [2.75, 3.05) is 20.1 Å². The van der Waals surface area contributed by atoms with E-state index in [1.165, 1.54) is 0 Å². The van der Waals surface area contributed by atoms with Crippen LogP contribution in [-0.4, -0.2) is 53.9 Å². The first kappa shape index (κ1) is 12.0. The van der Waals surface area contributed by atoms with Crippen LogP contribution >= 0.6 is 0 Å². The molecule has 5 heteroatoms. The molecule has 100 valence electrons. The largest absolute Gasteiger partial charge is 0.486 e. The number of benzene rings is 1. The van der Waals surface area contributed by atoms with Crippen molar-refractivity contribution < 1.29 is 14.3 Å². The summed E-state index contributed by atoms with van der Waals surface area (Å²) in [6, 6.07) is 7.18. The fraction of sp³-hybridized carbons (Fsp3) is 0.429. The van der Waals surface area contributed by atoms with Gasteiger partial charge in [-0.05, 0) is 12.1 Å². The van der Waals surface area contributed by atoms with Crippen molar-refractivity contribution in [3.63, 3.8) is 0 Å². The summed E-state index contributed by atoms with van der Waals surface area (Å²) in [5, 5.41) is 0. The van der Waals surface area contributed by atoms with Crippen molar-refractivity contribution in [3.8, 4) is 5.75 Å². The number of nitrogens with zero attached hydrogens (tertiary/aromatic N) is 2. The van der Waals surface area contributed by atoms with E-state index in [9.17, 15) is 9.59 Å². The second-order valence-electron chi connectivity index (χ2n) is 5.06. The van der Waals surface area contributed by atoms with Crippen molar-refractivity contribution in [2.24, 2.45) is 0 Å². The molecule has 2 aliphatic rings. The van der Waals surface area contributed by atoms with Gasteiger partial charge in [-0.15, -0.1) is 0 Å². The average molecular weight is 260 g/mol. The van der Waals surface area contributed by atoms with Gasteiger partial charge in [0.1, 0.15) is 11.9 Å². The fourth-order valence-electron chi connectivity index (χ4n) is 2.75. The van der Waals surface area contributed by atoms with Gasteiger partial charge in [-0.3, -0.25) is 9.59 Å². The molecule has 2 unspecified atom stereocenters. The highest BCUT2D eigenvalue weighted by molar-refractivity contribution is 5.97. The molecule has 0 N–H and O–H groups in total. The maximum absolute atomic E-state index is 12.4. The Morgan fingerprint density at radius 2 is 2.05 bits per heavy atom. The van der Waals surface area contributed by atoms with Crippen LogP contribution in [-0.2, 0) is 4.79 Å². The monoisotopic (exact) mass is 260 g/mol. The maximum Gasteiger partial charge on any atom is 0.257 e. The average Bonchev–Trinajstić information content (AvgIpc) is 2.78. The molecule has 0 saturated carbocycles. The Labute approximate surface area is 111 Å². The molecule has 2 amide bonds. The highest BCUT2D eigenvalue weighted by atomic mass is 16.5. The number of amides is 2. The van der Waals surface area contributed by atoms with Crippen molar-refractivity contribution in [1.82, 2.24) is 9.80 Å². The molecule has 19 heavy (non-hydrogen) atoms. The molecular weight excluding hydrogens is 244 g/mol. The first-order chi connectivity index (χ1) is 9.08. The Morgan fingerprint density at radius 3 is 2.79 bits per heavy atom. The highest BCUT2D eigenvalue weighted by Gasteiger charge is 2.42. The lowest BCUT2D eigenvalue weighted by molar-refractivity contribution is -0.128. The molecular formula is C14H16N2O3. The van der Waals surface area contributed by atoms with E-state index < -0.39 is 0 Å². The molecule has 2 aliphatic heterocycles. The summed E-state index contributed by atoms with van der Waals surface area (Å²) in [6.45, 7) is 2.61. The summed E-state index contributed by atoms with van der Waals surface area (Å²) in [5.41, 5.74) is 0.591. The number of fused-ring (bicyclic) bond motifs is 2. The zero-order valence-corrected chi connectivity index (χ0v) is 11.0. The van der Waals surface area contributed by atoms with E-state index in [-0.39, 0.29) is 24.0 Å². The van der Waals surface area contributed by atoms with Crippen molar-refractivity contribution in [2.45, 2.75) is 19.1 Å². The number of hydrogen-bond acceptors (Lipinski definition) is 3. The Hall–Kier alpha value is -2.04. The van der Waals surface area contributed by atoms with Crippen LogP contribution in [0.15, 0.2) is 24.3 Å². The zero-order valence-electron chi connectivity index (χ0n) is 11.0. The molecule has 0 spiro atoms. The lowest BCUT2D eigenvalue weighted by atomic mass is 10.1. The summed E-state index contributed by atoms with van der Waals surface area (Å²) >= 11 is 0. The summed E-state index contributed by atoms with van der Waals surface area (Å²) in [4.78, 5) is 27.3. The van der Waals surface area contributed by atoms with Gasteiger partial charge in [0, 0.05) is 20.5 Å². The van der Waals surface area contributed by atoms with Crippen LogP contribution in [0.25, 0.3) is 0 Å². The number of carbonyl (C=O) groups is 2. The Bertz CT molecular complexity index is 543. The first-order valence-corrected chi connectivity index (χ1v) is 6.36.